The van der Waals surface area contributed by atoms with Gasteiger partial charge < -0.3 is 19.3 Å². The lowest BCUT2D eigenvalue weighted by Crippen LogP contribution is -2.54. The molecule has 2 heterocycles. The van der Waals surface area contributed by atoms with Gasteiger partial charge >= 0.3 is 0 Å². The second kappa shape index (κ2) is 9.00. The topological polar surface area (TPSA) is 62.3 Å². The molecule has 142 valence electrons. The third kappa shape index (κ3) is 5.19. The van der Waals surface area contributed by atoms with E-state index in [0.717, 1.165) is 18.7 Å². The second-order valence-electron chi connectivity index (χ2n) is 6.76. The molecular weight excluding hydrogens is 334 g/mol. The van der Waals surface area contributed by atoms with Gasteiger partial charge in [0.1, 0.15) is 5.75 Å². The van der Waals surface area contributed by atoms with E-state index >= 15 is 0 Å². The smallest absolute Gasteiger partial charge is 0.260 e. The molecule has 2 amide bonds. The van der Waals surface area contributed by atoms with Crippen LogP contribution in [0.3, 0.4) is 0 Å². The Labute approximate surface area is 154 Å². The predicted octanol–water partition coefficient (Wildman–Crippen LogP) is 0.377. The van der Waals surface area contributed by atoms with Gasteiger partial charge in [-0.3, -0.25) is 14.5 Å². The Bertz CT molecular complexity index is 623. The van der Waals surface area contributed by atoms with Gasteiger partial charge in [-0.2, -0.15) is 0 Å². The number of nitrogens with zero attached hydrogens (tertiary/aromatic N) is 3. The second-order valence-corrected chi connectivity index (χ2v) is 6.76. The quantitative estimate of drug-likeness (QED) is 0.759. The summed E-state index contributed by atoms with van der Waals surface area (Å²) in [5.74, 6) is 0.805. The number of aryl methyl sites for hydroxylation is 1. The SMILES string of the molecule is Cc1cccc(OCC(=O)N2CCN(C(=O)CN3CCOCC3)CC2)c1. The molecule has 1 aromatic rings. The Kier molecular flexibility index (Phi) is 6.46. The summed E-state index contributed by atoms with van der Waals surface area (Å²) in [6.07, 6.45) is 0. The molecule has 26 heavy (non-hydrogen) atoms. The van der Waals surface area contributed by atoms with Crippen molar-refractivity contribution in [2.24, 2.45) is 0 Å². The van der Waals surface area contributed by atoms with Crippen molar-refractivity contribution in [2.75, 3.05) is 65.6 Å². The van der Waals surface area contributed by atoms with Crippen molar-refractivity contribution in [1.82, 2.24) is 14.7 Å². The largest absolute Gasteiger partial charge is 0.484 e. The maximum atomic E-state index is 12.4. The first-order chi connectivity index (χ1) is 12.6. The van der Waals surface area contributed by atoms with Crippen molar-refractivity contribution in [3.05, 3.63) is 29.8 Å². The number of carbonyl (C=O) groups is 2. The van der Waals surface area contributed by atoms with Gasteiger partial charge in [0, 0.05) is 39.3 Å². The molecule has 0 N–H and O–H groups in total. The fourth-order valence-electron chi connectivity index (χ4n) is 3.20. The lowest BCUT2D eigenvalue weighted by Gasteiger charge is -2.36. The van der Waals surface area contributed by atoms with Crippen LogP contribution in [0.25, 0.3) is 0 Å². The first-order valence-corrected chi connectivity index (χ1v) is 9.17. The van der Waals surface area contributed by atoms with Gasteiger partial charge in [0.25, 0.3) is 5.91 Å². The van der Waals surface area contributed by atoms with Crippen LogP contribution in [0.15, 0.2) is 24.3 Å². The Hall–Kier alpha value is -2.12. The van der Waals surface area contributed by atoms with E-state index in [1.807, 2.05) is 36.1 Å². The van der Waals surface area contributed by atoms with Crippen LogP contribution in [0.4, 0.5) is 0 Å². The van der Waals surface area contributed by atoms with E-state index in [2.05, 4.69) is 4.90 Å². The van der Waals surface area contributed by atoms with Gasteiger partial charge in [-0.05, 0) is 24.6 Å². The van der Waals surface area contributed by atoms with Crippen LogP contribution < -0.4 is 4.74 Å². The van der Waals surface area contributed by atoms with E-state index in [1.165, 1.54) is 0 Å². The van der Waals surface area contributed by atoms with Crippen LogP contribution in [0.5, 0.6) is 5.75 Å². The first kappa shape index (κ1) is 18.7. The summed E-state index contributed by atoms with van der Waals surface area (Å²) in [5.41, 5.74) is 1.10. The van der Waals surface area contributed by atoms with Crippen LogP contribution in [-0.4, -0.2) is 92.1 Å². The van der Waals surface area contributed by atoms with Gasteiger partial charge in [-0.15, -0.1) is 0 Å². The van der Waals surface area contributed by atoms with Crippen LogP contribution in [0, 0.1) is 6.92 Å². The zero-order valence-electron chi connectivity index (χ0n) is 15.4. The van der Waals surface area contributed by atoms with E-state index in [0.29, 0.717) is 51.7 Å². The molecule has 7 nitrogen and oxygen atoms in total. The van der Waals surface area contributed by atoms with E-state index in [-0.39, 0.29) is 18.4 Å². The summed E-state index contributed by atoms with van der Waals surface area (Å²) in [6.45, 7) is 7.74. The van der Waals surface area contributed by atoms with Crippen LogP contribution in [-0.2, 0) is 14.3 Å². The fourth-order valence-corrected chi connectivity index (χ4v) is 3.20. The minimum Gasteiger partial charge on any atom is -0.484 e. The maximum Gasteiger partial charge on any atom is 0.260 e. The molecule has 1 aromatic carbocycles. The molecule has 2 saturated heterocycles. The highest BCUT2D eigenvalue weighted by Gasteiger charge is 2.25. The summed E-state index contributed by atoms with van der Waals surface area (Å²) in [7, 11) is 0. The molecule has 0 spiro atoms. The van der Waals surface area contributed by atoms with Gasteiger partial charge in [-0.1, -0.05) is 12.1 Å². The minimum absolute atomic E-state index is 0.0329. The van der Waals surface area contributed by atoms with Crippen molar-refractivity contribution in [2.45, 2.75) is 6.92 Å². The van der Waals surface area contributed by atoms with Crippen molar-refractivity contribution in [3.63, 3.8) is 0 Å². The monoisotopic (exact) mass is 361 g/mol. The Morgan fingerprint density at radius 3 is 2.31 bits per heavy atom. The molecule has 0 bridgehead atoms. The van der Waals surface area contributed by atoms with E-state index in [1.54, 1.807) is 4.90 Å². The Morgan fingerprint density at radius 1 is 1.00 bits per heavy atom. The zero-order valence-corrected chi connectivity index (χ0v) is 15.4. The number of rotatable bonds is 5. The van der Waals surface area contributed by atoms with Crippen LogP contribution >= 0.6 is 0 Å². The molecule has 0 radical (unpaired) electrons. The average Bonchev–Trinajstić information content (AvgIpc) is 2.67. The molecule has 0 atom stereocenters. The Balaban J connectivity index is 1.39. The first-order valence-electron chi connectivity index (χ1n) is 9.17. The third-order valence-corrected chi connectivity index (χ3v) is 4.80. The number of hydrogen-bond acceptors (Lipinski definition) is 5. The highest BCUT2D eigenvalue weighted by molar-refractivity contribution is 5.80. The number of ether oxygens (including phenoxy) is 2. The number of morpholine rings is 1. The number of carbonyl (C=O) groups excluding carboxylic acids is 2. The van der Waals surface area contributed by atoms with Crippen molar-refractivity contribution < 1.29 is 19.1 Å². The summed E-state index contributed by atoms with van der Waals surface area (Å²) in [4.78, 5) is 30.5. The molecule has 0 unspecified atom stereocenters. The molecule has 0 aliphatic carbocycles. The summed E-state index contributed by atoms with van der Waals surface area (Å²) in [6, 6.07) is 7.66. The van der Waals surface area contributed by atoms with Gasteiger partial charge in [-0.25, -0.2) is 0 Å². The highest BCUT2D eigenvalue weighted by Crippen LogP contribution is 2.13. The predicted molar refractivity (Wildman–Crippen MR) is 97.1 cm³/mol. The van der Waals surface area contributed by atoms with E-state index in [9.17, 15) is 9.59 Å². The van der Waals surface area contributed by atoms with Crippen molar-refractivity contribution in [3.8, 4) is 5.75 Å². The van der Waals surface area contributed by atoms with Crippen LogP contribution in [0.1, 0.15) is 5.56 Å². The molecule has 2 aliphatic heterocycles. The zero-order chi connectivity index (χ0) is 18.4. The standard InChI is InChI=1S/C19H27N3O4/c1-16-3-2-4-17(13-16)26-15-19(24)22-7-5-21(6-8-22)18(23)14-20-9-11-25-12-10-20/h2-4,13H,5-12,14-15H2,1H3. The normalized spacial score (nSPS) is 18.7. The fraction of sp³-hybridized carbons (Fsp3) is 0.579. The Morgan fingerprint density at radius 2 is 1.65 bits per heavy atom. The number of amides is 2. The lowest BCUT2D eigenvalue weighted by atomic mass is 10.2. The van der Waals surface area contributed by atoms with Gasteiger partial charge in [0.15, 0.2) is 6.61 Å². The molecule has 0 aromatic heterocycles. The van der Waals surface area contributed by atoms with Gasteiger partial charge in [0.05, 0.1) is 19.8 Å². The molecule has 7 heteroatoms. The summed E-state index contributed by atoms with van der Waals surface area (Å²) >= 11 is 0. The van der Waals surface area contributed by atoms with Crippen LogP contribution in [0.2, 0.25) is 0 Å². The maximum absolute atomic E-state index is 12.4. The molecular formula is C19H27N3O4. The van der Waals surface area contributed by atoms with Crippen molar-refractivity contribution >= 4 is 11.8 Å². The third-order valence-electron chi connectivity index (χ3n) is 4.80. The highest BCUT2D eigenvalue weighted by atomic mass is 16.5. The minimum atomic E-state index is -0.0354. The molecule has 3 rings (SSSR count). The number of piperazine rings is 1. The van der Waals surface area contributed by atoms with E-state index < -0.39 is 0 Å². The summed E-state index contributed by atoms with van der Waals surface area (Å²) < 4.78 is 10.9. The number of hydrogen-bond donors (Lipinski definition) is 0. The molecule has 0 saturated carbocycles. The summed E-state index contributed by atoms with van der Waals surface area (Å²) in [5, 5.41) is 0. The van der Waals surface area contributed by atoms with Crippen molar-refractivity contribution in [1.29, 1.82) is 0 Å². The molecule has 2 aliphatic rings. The number of benzene rings is 1. The van der Waals surface area contributed by atoms with E-state index in [4.69, 9.17) is 9.47 Å². The average molecular weight is 361 g/mol. The van der Waals surface area contributed by atoms with Gasteiger partial charge in [0.2, 0.25) is 5.91 Å². The lowest BCUT2D eigenvalue weighted by molar-refractivity contribution is -0.141. The molecule has 2 fully saturated rings.